The maximum atomic E-state index is 12.6. The van der Waals surface area contributed by atoms with E-state index in [1.54, 1.807) is 21.9 Å². The predicted octanol–water partition coefficient (Wildman–Crippen LogP) is 3.07. The van der Waals surface area contributed by atoms with Crippen LogP contribution in [0.4, 0.5) is 10.5 Å². The molecule has 162 valence electrons. The van der Waals surface area contributed by atoms with Crippen LogP contribution in [0.1, 0.15) is 19.3 Å². The lowest BCUT2D eigenvalue weighted by atomic mass is 9.96. The van der Waals surface area contributed by atoms with Gasteiger partial charge in [-0.2, -0.15) is 0 Å². The normalized spacial score (nSPS) is 19.4. The first-order valence-corrected chi connectivity index (χ1v) is 10.7. The van der Waals surface area contributed by atoms with Crippen molar-refractivity contribution in [2.75, 3.05) is 31.1 Å². The van der Waals surface area contributed by atoms with Crippen LogP contribution >= 0.6 is 0 Å². The summed E-state index contributed by atoms with van der Waals surface area (Å²) in [5.74, 6) is 0.438. The Morgan fingerprint density at radius 1 is 0.968 bits per heavy atom. The van der Waals surface area contributed by atoms with Crippen molar-refractivity contribution in [2.45, 2.75) is 19.3 Å². The van der Waals surface area contributed by atoms with Crippen LogP contribution in [0.2, 0.25) is 0 Å². The molecule has 3 amide bonds. The Hall–Kier alpha value is -3.35. The lowest BCUT2D eigenvalue weighted by Crippen LogP contribution is -2.43. The second kappa shape index (κ2) is 9.64. The van der Waals surface area contributed by atoms with Crippen molar-refractivity contribution >= 4 is 23.6 Å². The minimum Gasteiger partial charge on any atom is -0.410 e. The number of hydrogen-bond donors (Lipinski definition) is 1. The van der Waals surface area contributed by atoms with Gasteiger partial charge < -0.3 is 19.9 Å². The number of nitrogens with one attached hydrogen (secondary N) is 1. The molecule has 0 saturated carbocycles. The summed E-state index contributed by atoms with van der Waals surface area (Å²) in [6.45, 7) is 2.20. The van der Waals surface area contributed by atoms with Gasteiger partial charge in [-0.3, -0.25) is 9.59 Å². The Bertz CT molecular complexity index is 911. The van der Waals surface area contributed by atoms with Crippen molar-refractivity contribution in [3.63, 3.8) is 0 Å². The summed E-state index contributed by atoms with van der Waals surface area (Å²) >= 11 is 0. The van der Waals surface area contributed by atoms with Gasteiger partial charge in [0.15, 0.2) is 0 Å². The minimum absolute atomic E-state index is 0.0170. The molecule has 0 aliphatic carbocycles. The molecule has 2 aromatic rings. The van der Waals surface area contributed by atoms with Crippen molar-refractivity contribution < 1.29 is 19.1 Å². The second-order valence-corrected chi connectivity index (χ2v) is 8.10. The molecular formula is C24H27N3O4. The molecule has 2 heterocycles. The smallest absolute Gasteiger partial charge is 0.410 e. The standard InChI is InChI=1S/C24H27N3O4/c28-22-15-19(17-27(22)20-7-3-1-4-8-20)23(29)25-16-18-11-13-26(14-12-18)24(30)31-21-9-5-2-6-10-21/h1-10,18-19H,11-17H2,(H,25,29). The van der Waals surface area contributed by atoms with E-state index in [9.17, 15) is 14.4 Å². The zero-order valence-corrected chi connectivity index (χ0v) is 17.4. The SMILES string of the molecule is O=C(NCC1CCN(C(=O)Oc2ccccc2)CC1)C1CC(=O)N(c2ccccc2)C1. The Morgan fingerprint density at radius 2 is 1.61 bits per heavy atom. The number of anilines is 1. The average Bonchev–Trinajstić information content (AvgIpc) is 3.21. The van der Waals surface area contributed by atoms with E-state index < -0.39 is 0 Å². The molecule has 1 unspecified atom stereocenters. The van der Waals surface area contributed by atoms with Crippen LogP contribution in [-0.4, -0.2) is 49.0 Å². The van der Waals surface area contributed by atoms with Crippen LogP contribution in [0, 0.1) is 11.8 Å². The largest absolute Gasteiger partial charge is 0.415 e. The molecule has 0 radical (unpaired) electrons. The number of carbonyl (C=O) groups is 3. The molecule has 1 atom stereocenters. The summed E-state index contributed by atoms with van der Waals surface area (Å²) in [5, 5.41) is 3.02. The highest BCUT2D eigenvalue weighted by Gasteiger charge is 2.35. The molecule has 31 heavy (non-hydrogen) atoms. The first-order chi connectivity index (χ1) is 15.1. The van der Waals surface area contributed by atoms with Gasteiger partial charge in [-0.1, -0.05) is 36.4 Å². The molecule has 2 saturated heterocycles. The van der Waals surface area contributed by atoms with Gasteiger partial charge in [0.1, 0.15) is 5.75 Å². The maximum absolute atomic E-state index is 12.6. The maximum Gasteiger partial charge on any atom is 0.415 e. The fourth-order valence-electron chi connectivity index (χ4n) is 4.10. The first kappa shape index (κ1) is 20.9. The van der Waals surface area contributed by atoms with Gasteiger partial charge in [-0.15, -0.1) is 0 Å². The Morgan fingerprint density at radius 3 is 2.29 bits per heavy atom. The molecule has 0 aromatic heterocycles. The van der Waals surface area contributed by atoms with Gasteiger partial charge in [0, 0.05) is 38.3 Å². The van der Waals surface area contributed by atoms with Crippen LogP contribution in [0.5, 0.6) is 5.75 Å². The zero-order valence-electron chi connectivity index (χ0n) is 17.4. The van der Waals surface area contributed by atoms with Gasteiger partial charge in [-0.25, -0.2) is 4.79 Å². The number of ether oxygens (including phenoxy) is 1. The van der Waals surface area contributed by atoms with Crippen LogP contribution in [-0.2, 0) is 9.59 Å². The number of piperidine rings is 1. The van der Waals surface area contributed by atoms with E-state index >= 15 is 0 Å². The summed E-state index contributed by atoms with van der Waals surface area (Å²) in [5.41, 5.74) is 0.831. The van der Waals surface area contributed by atoms with Gasteiger partial charge >= 0.3 is 6.09 Å². The molecule has 4 rings (SSSR count). The monoisotopic (exact) mass is 421 g/mol. The number of nitrogens with zero attached hydrogens (tertiary/aromatic N) is 2. The van der Waals surface area contributed by atoms with E-state index in [1.165, 1.54) is 0 Å². The number of amides is 3. The molecule has 7 nitrogen and oxygen atoms in total. The highest BCUT2D eigenvalue weighted by Crippen LogP contribution is 2.25. The average molecular weight is 421 g/mol. The van der Waals surface area contributed by atoms with E-state index in [0.717, 1.165) is 18.5 Å². The van der Waals surface area contributed by atoms with Crippen molar-refractivity contribution in [3.05, 3.63) is 60.7 Å². The number of rotatable bonds is 5. The third-order valence-electron chi connectivity index (χ3n) is 5.95. The van der Waals surface area contributed by atoms with E-state index in [-0.39, 0.29) is 30.2 Å². The van der Waals surface area contributed by atoms with Crippen LogP contribution in [0.25, 0.3) is 0 Å². The highest BCUT2D eigenvalue weighted by atomic mass is 16.6. The van der Waals surface area contributed by atoms with Gasteiger partial charge in [0.2, 0.25) is 11.8 Å². The summed E-state index contributed by atoms with van der Waals surface area (Å²) in [4.78, 5) is 40.6. The molecule has 7 heteroatoms. The molecule has 2 fully saturated rings. The number of likely N-dealkylation sites (tertiary alicyclic amines) is 1. The summed E-state index contributed by atoms with van der Waals surface area (Å²) in [6.07, 6.45) is 1.53. The predicted molar refractivity (Wildman–Crippen MR) is 117 cm³/mol. The van der Waals surface area contributed by atoms with E-state index in [2.05, 4.69) is 5.32 Å². The van der Waals surface area contributed by atoms with E-state index in [4.69, 9.17) is 4.74 Å². The molecule has 0 spiro atoms. The van der Waals surface area contributed by atoms with Crippen LogP contribution in [0.3, 0.4) is 0 Å². The van der Waals surface area contributed by atoms with E-state index in [0.29, 0.717) is 37.8 Å². The number of carbonyl (C=O) groups excluding carboxylic acids is 3. The fourth-order valence-corrected chi connectivity index (χ4v) is 4.10. The van der Waals surface area contributed by atoms with Crippen LogP contribution in [0.15, 0.2) is 60.7 Å². The quantitative estimate of drug-likeness (QED) is 0.805. The van der Waals surface area contributed by atoms with E-state index in [1.807, 2.05) is 48.5 Å². The highest BCUT2D eigenvalue weighted by molar-refractivity contribution is 6.00. The Balaban J connectivity index is 1.20. The fraction of sp³-hybridized carbons (Fsp3) is 0.375. The summed E-state index contributed by atoms with van der Waals surface area (Å²) < 4.78 is 5.39. The molecule has 2 aliphatic heterocycles. The van der Waals surface area contributed by atoms with Crippen LogP contribution < -0.4 is 15.0 Å². The van der Waals surface area contributed by atoms with Gasteiger partial charge in [0.05, 0.1) is 5.92 Å². The summed E-state index contributed by atoms with van der Waals surface area (Å²) in [7, 11) is 0. The van der Waals surface area contributed by atoms with Gasteiger partial charge in [-0.05, 0) is 43.0 Å². The third-order valence-corrected chi connectivity index (χ3v) is 5.95. The van der Waals surface area contributed by atoms with Crippen molar-refractivity contribution in [1.29, 1.82) is 0 Å². The number of benzene rings is 2. The lowest BCUT2D eigenvalue weighted by Gasteiger charge is -2.31. The van der Waals surface area contributed by atoms with Gasteiger partial charge in [0.25, 0.3) is 0 Å². The Kier molecular flexibility index (Phi) is 6.50. The van der Waals surface area contributed by atoms with Crippen molar-refractivity contribution in [2.24, 2.45) is 11.8 Å². The second-order valence-electron chi connectivity index (χ2n) is 8.10. The summed E-state index contributed by atoms with van der Waals surface area (Å²) in [6, 6.07) is 18.5. The molecule has 0 bridgehead atoms. The first-order valence-electron chi connectivity index (χ1n) is 10.7. The van der Waals surface area contributed by atoms with Crippen molar-refractivity contribution in [1.82, 2.24) is 10.2 Å². The zero-order chi connectivity index (χ0) is 21.6. The van der Waals surface area contributed by atoms with Crippen molar-refractivity contribution in [3.8, 4) is 5.75 Å². The Labute approximate surface area is 182 Å². The lowest BCUT2D eigenvalue weighted by molar-refractivity contribution is -0.126. The minimum atomic E-state index is -0.334. The topological polar surface area (TPSA) is 79.0 Å². The number of para-hydroxylation sites is 2. The number of hydrogen-bond acceptors (Lipinski definition) is 4. The molecule has 2 aromatic carbocycles. The molecular weight excluding hydrogens is 394 g/mol. The molecule has 1 N–H and O–H groups in total. The molecule has 2 aliphatic rings. The third kappa shape index (κ3) is 5.23.